The van der Waals surface area contributed by atoms with E-state index in [4.69, 9.17) is 27.7 Å². The van der Waals surface area contributed by atoms with Gasteiger partial charge in [-0.05, 0) is 31.2 Å². The predicted molar refractivity (Wildman–Crippen MR) is 110 cm³/mol. The molecule has 0 aliphatic rings. The first-order valence-electron chi connectivity index (χ1n) is 8.54. The lowest BCUT2D eigenvalue weighted by Crippen LogP contribution is -2.00. The molecule has 0 aliphatic carbocycles. The van der Waals surface area contributed by atoms with Crippen LogP contribution in [0.2, 0.25) is 10.0 Å². The van der Waals surface area contributed by atoms with Crippen molar-refractivity contribution >= 4 is 35.0 Å². The summed E-state index contributed by atoms with van der Waals surface area (Å²) in [6.07, 6.45) is 0. The summed E-state index contributed by atoms with van der Waals surface area (Å²) < 4.78 is 7.39. The summed E-state index contributed by atoms with van der Waals surface area (Å²) in [6.45, 7) is 2.78. The number of thioether (sulfide) groups is 1. The van der Waals surface area contributed by atoms with Crippen LogP contribution in [0.3, 0.4) is 0 Å². The van der Waals surface area contributed by atoms with E-state index < -0.39 is 0 Å². The van der Waals surface area contributed by atoms with Crippen molar-refractivity contribution in [3.8, 4) is 22.8 Å². The van der Waals surface area contributed by atoms with E-state index in [1.807, 2.05) is 47.9 Å². The molecule has 6 nitrogen and oxygen atoms in total. The third-order valence-electron chi connectivity index (χ3n) is 3.99. The summed E-state index contributed by atoms with van der Waals surface area (Å²) >= 11 is 13.6. The van der Waals surface area contributed by atoms with Crippen LogP contribution in [0.1, 0.15) is 12.8 Å². The van der Waals surface area contributed by atoms with Crippen LogP contribution in [-0.4, -0.2) is 24.9 Å². The maximum Gasteiger partial charge on any atom is 0.237 e. The van der Waals surface area contributed by atoms with Crippen molar-refractivity contribution in [3.63, 3.8) is 0 Å². The molecule has 9 heteroatoms. The van der Waals surface area contributed by atoms with Crippen molar-refractivity contribution in [1.29, 1.82) is 0 Å². The molecule has 0 amide bonds. The van der Waals surface area contributed by atoms with E-state index >= 15 is 0 Å². The van der Waals surface area contributed by atoms with Gasteiger partial charge in [0.1, 0.15) is 0 Å². The van der Waals surface area contributed by atoms with Crippen LogP contribution in [0, 0.1) is 0 Å². The Hall–Kier alpha value is -2.35. The third kappa shape index (κ3) is 4.06. The Labute approximate surface area is 175 Å². The summed E-state index contributed by atoms with van der Waals surface area (Å²) in [7, 11) is 0. The number of nitrogens with zero attached hydrogens (tertiary/aromatic N) is 5. The molecule has 2 aromatic heterocycles. The quantitative estimate of drug-likeness (QED) is 0.369. The molecule has 2 heterocycles. The fraction of sp³-hybridized carbons (Fsp3) is 0.158. The van der Waals surface area contributed by atoms with E-state index in [-0.39, 0.29) is 0 Å². The second-order valence-electron chi connectivity index (χ2n) is 5.87. The molecule has 0 spiro atoms. The highest BCUT2D eigenvalue weighted by molar-refractivity contribution is 7.98. The number of hydrogen-bond acceptors (Lipinski definition) is 6. The molecule has 28 heavy (non-hydrogen) atoms. The molecule has 0 fully saturated rings. The van der Waals surface area contributed by atoms with Gasteiger partial charge in [0, 0.05) is 27.7 Å². The van der Waals surface area contributed by atoms with Crippen LogP contribution in [-0.2, 0) is 12.3 Å². The van der Waals surface area contributed by atoms with Gasteiger partial charge in [-0.2, -0.15) is 4.98 Å². The Morgan fingerprint density at radius 2 is 1.71 bits per heavy atom. The maximum atomic E-state index is 6.10. The molecule has 2 aromatic carbocycles. The summed E-state index contributed by atoms with van der Waals surface area (Å²) in [4.78, 5) is 4.44. The van der Waals surface area contributed by atoms with Gasteiger partial charge < -0.3 is 9.09 Å². The lowest BCUT2D eigenvalue weighted by atomic mass is 10.2. The first-order valence-corrected chi connectivity index (χ1v) is 10.3. The summed E-state index contributed by atoms with van der Waals surface area (Å²) in [5, 5.41) is 14.7. The zero-order chi connectivity index (χ0) is 19.5. The fourth-order valence-electron chi connectivity index (χ4n) is 2.71. The summed E-state index contributed by atoms with van der Waals surface area (Å²) in [5.41, 5.74) is 1.74. The van der Waals surface area contributed by atoms with Crippen LogP contribution < -0.4 is 0 Å². The minimum Gasteiger partial charge on any atom is -0.338 e. The molecule has 0 bridgehead atoms. The Balaban J connectivity index is 1.51. The number of halogens is 2. The van der Waals surface area contributed by atoms with Gasteiger partial charge in [0.05, 0.1) is 5.75 Å². The third-order valence-corrected chi connectivity index (χ3v) is 5.41. The van der Waals surface area contributed by atoms with Crippen LogP contribution in [0.25, 0.3) is 22.8 Å². The highest BCUT2D eigenvalue weighted by Crippen LogP contribution is 2.28. The fourth-order valence-corrected chi connectivity index (χ4v) is 3.93. The molecule has 4 aromatic rings. The van der Waals surface area contributed by atoms with Crippen molar-refractivity contribution in [2.45, 2.75) is 24.4 Å². The van der Waals surface area contributed by atoms with E-state index in [0.717, 1.165) is 28.7 Å². The molecular formula is C19H15Cl2N5OS. The molecule has 0 atom stereocenters. The van der Waals surface area contributed by atoms with Crippen LogP contribution >= 0.6 is 35.0 Å². The average Bonchev–Trinajstić information content (AvgIpc) is 3.33. The van der Waals surface area contributed by atoms with Crippen LogP contribution in [0.5, 0.6) is 0 Å². The number of aromatic nitrogens is 5. The first-order chi connectivity index (χ1) is 13.6. The van der Waals surface area contributed by atoms with E-state index in [1.165, 1.54) is 11.8 Å². The minimum absolute atomic E-state index is 0.487. The first kappa shape index (κ1) is 19.0. The Bertz CT molecular complexity index is 1110. The second kappa shape index (κ2) is 8.34. The van der Waals surface area contributed by atoms with Crippen molar-refractivity contribution in [1.82, 2.24) is 24.9 Å². The van der Waals surface area contributed by atoms with Gasteiger partial charge in [-0.25, -0.2) is 0 Å². The molecule has 0 N–H and O–H groups in total. The van der Waals surface area contributed by atoms with Crippen LogP contribution in [0.4, 0.5) is 0 Å². The van der Waals surface area contributed by atoms with Crippen molar-refractivity contribution < 1.29 is 4.52 Å². The molecule has 0 unspecified atom stereocenters. The van der Waals surface area contributed by atoms with E-state index in [9.17, 15) is 0 Å². The molecule has 142 valence electrons. The van der Waals surface area contributed by atoms with Gasteiger partial charge in [-0.3, -0.25) is 0 Å². The monoisotopic (exact) mass is 431 g/mol. The minimum atomic E-state index is 0.487. The van der Waals surface area contributed by atoms with E-state index in [2.05, 4.69) is 20.3 Å². The van der Waals surface area contributed by atoms with Gasteiger partial charge >= 0.3 is 0 Å². The van der Waals surface area contributed by atoms with Gasteiger partial charge in [-0.1, -0.05) is 64.4 Å². The number of hydrogen-bond donors (Lipinski definition) is 0. The van der Waals surface area contributed by atoms with Gasteiger partial charge in [-0.15, -0.1) is 10.2 Å². The predicted octanol–water partition coefficient (Wildman–Crippen LogP) is 5.61. The molecule has 0 aliphatic heterocycles. The normalized spacial score (nSPS) is 11.1. The zero-order valence-electron chi connectivity index (χ0n) is 14.8. The smallest absolute Gasteiger partial charge is 0.237 e. The number of rotatable bonds is 6. The van der Waals surface area contributed by atoms with Gasteiger partial charge in [0.25, 0.3) is 0 Å². The summed E-state index contributed by atoms with van der Waals surface area (Å²) in [6, 6.07) is 14.9. The van der Waals surface area contributed by atoms with Gasteiger partial charge in [0.15, 0.2) is 11.0 Å². The Kier molecular flexibility index (Phi) is 5.66. The molecule has 0 radical (unpaired) electrons. The maximum absolute atomic E-state index is 6.10. The van der Waals surface area contributed by atoms with Gasteiger partial charge in [0.2, 0.25) is 11.7 Å². The lowest BCUT2D eigenvalue weighted by Gasteiger charge is -2.06. The summed E-state index contributed by atoms with van der Waals surface area (Å²) in [5.74, 6) is 2.28. The highest BCUT2D eigenvalue weighted by atomic mass is 35.5. The lowest BCUT2D eigenvalue weighted by molar-refractivity contribution is 0.391. The van der Waals surface area contributed by atoms with Crippen molar-refractivity contribution in [3.05, 3.63) is 64.5 Å². The highest BCUT2D eigenvalue weighted by Gasteiger charge is 2.16. The number of benzene rings is 2. The molecular weight excluding hydrogens is 417 g/mol. The molecule has 4 rings (SSSR count). The van der Waals surface area contributed by atoms with Crippen molar-refractivity contribution in [2.75, 3.05) is 0 Å². The standard InChI is InChI=1S/C19H15Cl2N5OS/c1-2-26-18(13-6-4-8-15(21)10-13)23-24-19(26)28-11-16-22-17(25-27-16)12-5-3-7-14(20)9-12/h3-10H,2,11H2,1H3. The Morgan fingerprint density at radius 1 is 1.00 bits per heavy atom. The van der Waals surface area contributed by atoms with Crippen molar-refractivity contribution in [2.24, 2.45) is 0 Å². The van der Waals surface area contributed by atoms with E-state index in [1.54, 1.807) is 12.1 Å². The second-order valence-corrected chi connectivity index (χ2v) is 7.69. The Morgan fingerprint density at radius 3 is 2.43 bits per heavy atom. The zero-order valence-corrected chi connectivity index (χ0v) is 17.2. The van der Waals surface area contributed by atoms with Crippen LogP contribution in [0.15, 0.2) is 58.2 Å². The molecule has 0 saturated heterocycles. The average molecular weight is 432 g/mol. The SMILES string of the molecule is CCn1c(SCc2nc(-c3cccc(Cl)c3)no2)nnc1-c1cccc(Cl)c1. The molecule has 0 saturated carbocycles. The van der Waals surface area contributed by atoms with E-state index in [0.29, 0.717) is 27.5 Å². The largest absolute Gasteiger partial charge is 0.338 e. The topological polar surface area (TPSA) is 69.6 Å².